The van der Waals surface area contributed by atoms with Crippen molar-refractivity contribution >= 4 is 27.3 Å². The maximum absolute atomic E-state index is 13.4. The SMILES string of the molecule is NCc1ccc(S(=O)(=O)N2C[C@@H](C(=O)N3CCNCC3)C[C@@H](c3ccccc3)C2)s1. The Morgan fingerprint density at radius 3 is 2.50 bits per heavy atom. The Morgan fingerprint density at radius 1 is 1.10 bits per heavy atom. The molecule has 162 valence electrons. The molecule has 0 spiro atoms. The topological polar surface area (TPSA) is 95.7 Å². The van der Waals surface area contributed by atoms with Crippen LogP contribution in [0.2, 0.25) is 0 Å². The maximum atomic E-state index is 13.4. The van der Waals surface area contributed by atoms with Crippen molar-refractivity contribution in [2.45, 2.75) is 23.1 Å². The summed E-state index contributed by atoms with van der Waals surface area (Å²) in [5.74, 6) is -0.294. The van der Waals surface area contributed by atoms with Gasteiger partial charge in [0.2, 0.25) is 5.91 Å². The van der Waals surface area contributed by atoms with Gasteiger partial charge in [-0.3, -0.25) is 4.79 Å². The third-order valence-corrected chi connectivity index (χ3v) is 9.30. The number of carbonyl (C=O) groups is 1. The van der Waals surface area contributed by atoms with E-state index in [1.165, 1.54) is 15.6 Å². The molecule has 3 heterocycles. The second-order valence-corrected chi connectivity index (χ2v) is 11.2. The minimum atomic E-state index is -3.68. The summed E-state index contributed by atoms with van der Waals surface area (Å²) >= 11 is 1.21. The van der Waals surface area contributed by atoms with E-state index in [-0.39, 0.29) is 24.3 Å². The first-order valence-electron chi connectivity index (χ1n) is 10.3. The number of hydrogen-bond donors (Lipinski definition) is 2. The lowest BCUT2D eigenvalue weighted by atomic mass is 9.85. The largest absolute Gasteiger partial charge is 0.340 e. The zero-order valence-corrected chi connectivity index (χ0v) is 18.5. The second kappa shape index (κ2) is 9.15. The minimum Gasteiger partial charge on any atom is -0.340 e. The molecule has 0 radical (unpaired) electrons. The van der Waals surface area contributed by atoms with Crippen LogP contribution in [0.5, 0.6) is 0 Å². The highest BCUT2D eigenvalue weighted by atomic mass is 32.2. The van der Waals surface area contributed by atoms with Crippen molar-refractivity contribution < 1.29 is 13.2 Å². The molecule has 1 aromatic heterocycles. The Balaban J connectivity index is 1.62. The highest BCUT2D eigenvalue weighted by Gasteiger charge is 2.40. The minimum absolute atomic E-state index is 0.0134. The van der Waals surface area contributed by atoms with Crippen LogP contribution in [0.15, 0.2) is 46.7 Å². The van der Waals surface area contributed by atoms with Gasteiger partial charge in [0.15, 0.2) is 0 Å². The third-order valence-electron chi connectivity index (χ3n) is 5.90. The number of nitrogens with one attached hydrogen (secondary N) is 1. The zero-order chi connectivity index (χ0) is 21.1. The van der Waals surface area contributed by atoms with Crippen LogP contribution in [-0.4, -0.2) is 62.8 Å². The monoisotopic (exact) mass is 448 g/mol. The van der Waals surface area contributed by atoms with Gasteiger partial charge in [-0.05, 0) is 30.0 Å². The first kappa shape index (κ1) is 21.5. The van der Waals surface area contributed by atoms with Gasteiger partial charge in [0, 0.05) is 50.7 Å². The molecule has 0 unspecified atom stereocenters. The van der Waals surface area contributed by atoms with Gasteiger partial charge >= 0.3 is 0 Å². The van der Waals surface area contributed by atoms with Crippen LogP contribution in [0.25, 0.3) is 0 Å². The Morgan fingerprint density at radius 2 is 1.83 bits per heavy atom. The molecule has 2 atom stereocenters. The van der Waals surface area contributed by atoms with Crippen molar-refractivity contribution in [2.75, 3.05) is 39.3 Å². The van der Waals surface area contributed by atoms with Gasteiger partial charge < -0.3 is 16.0 Å². The lowest BCUT2D eigenvalue weighted by Gasteiger charge is -2.39. The summed E-state index contributed by atoms with van der Waals surface area (Å²) in [6, 6.07) is 13.3. The molecule has 30 heavy (non-hydrogen) atoms. The van der Waals surface area contributed by atoms with Crippen LogP contribution >= 0.6 is 11.3 Å². The predicted molar refractivity (Wildman–Crippen MR) is 118 cm³/mol. The van der Waals surface area contributed by atoms with Crippen LogP contribution < -0.4 is 11.1 Å². The van der Waals surface area contributed by atoms with E-state index in [1.807, 2.05) is 35.2 Å². The molecule has 3 N–H and O–H groups in total. The summed E-state index contributed by atoms with van der Waals surface area (Å²) in [4.78, 5) is 16.0. The summed E-state index contributed by atoms with van der Waals surface area (Å²) < 4.78 is 28.6. The van der Waals surface area contributed by atoms with Gasteiger partial charge in [-0.2, -0.15) is 4.31 Å². The number of benzene rings is 1. The molecule has 2 aliphatic heterocycles. The molecule has 2 aromatic rings. The van der Waals surface area contributed by atoms with E-state index in [1.54, 1.807) is 12.1 Å². The molecule has 1 aromatic carbocycles. The normalized spacial score (nSPS) is 23.4. The van der Waals surface area contributed by atoms with E-state index >= 15 is 0 Å². The molecule has 2 aliphatic rings. The fourth-order valence-electron chi connectivity index (χ4n) is 4.28. The molecule has 7 nitrogen and oxygen atoms in total. The summed E-state index contributed by atoms with van der Waals surface area (Å²) in [7, 11) is -3.68. The molecule has 1 amide bonds. The van der Waals surface area contributed by atoms with Gasteiger partial charge in [-0.1, -0.05) is 30.3 Å². The van der Waals surface area contributed by atoms with Crippen molar-refractivity contribution in [3.8, 4) is 0 Å². The van der Waals surface area contributed by atoms with Crippen LogP contribution in [0.1, 0.15) is 22.8 Å². The van der Waals surface area contributed by atoms with Crippen molar-refractivity contribution in [1.82, 2.24) is 14.5 Å². The predicted octanol–water partition coefficient (Wildman–Crippen LogP) is 1.43. The molecule has 0 bridgehead atoms. The van der Waals surface area contributed by atoms with E-state index in [9.17, 15) is 13.2 Å². The van der Waals surface area contributed by atoms with E-state index in [0.717, 1.165) is 23.5 Å². The van der Waals surface area contributed by atoms with Gasteiger partial charge in [-0.25, -0.2) is 8.42 Å². The van der Waals surface area contributed by atoms with Crippen LogP contribution in [-0.2, 0) is 21.4 Å². The number of thiophene rings is 1. The number of piperidine rings is 1. The van der Waals surface area contributed by atoms with Crippen molar-refractivity contribution in [3.63, 3.8) is 0 Å². The molecule has 0 saturated carbocycles. The number of piperazine rings is 1. The molecule has 0 aliphatic carbocycles. The first-order chi connectivity index (χ1) is 14.5. The highest BCUT2D eigenvalue weighted by molar-refractivity contribution is 7.91. The number of amides is 1. The average molecular weight is 449 g/mol. The van der Waals surface area contributed by atoms with Crippen molar-refractivity contribution in [1.29, 1.82) is 0 Å². The Hall–Kier alpha value is -1.78. The standard InChI is InChI=1S/C21H28N4O3S2/c22-13-19-6-7-20(29-19)30(27,28)25-14-17(16-4-2-1-3-5-16)12-18(15-25)21(26)24-10-8-23-9-11-24/h1-7,17-18,23H,8-15,22H2/t17-,18+/m1/s1. The van der Waals surface area contributed by atoms with Crippen LogP contribution in [0, 0.1) is 5.92 Å². The summed E-state index contributed by atoms with van der Waals surface area (Å²) in [5.41, 5.74) is 6.75. The molecule has 2 saturated heterocycles. The average Bonchev–Trinajstić information content (AvgIpc) is 3.30. The quantitative estimate of drug-likeness (QED) is 0.722. The number of nitrogens with zero attached hydrogens (tertiary/aromatic N) is 2. The highest BCUT2D eigenvalue weighted by Crippen LogP contribution is 2.35. The van der Waals surface area contributed by atoms with E-state index in [4.69, 9.17) is 5.73 Å². The summed E-state index contributed by atoms with van der Waals surface area (Å²) in [6.45, 7) is 3.82. The van der Waals surface area contributed by atoms with E-state index < -0.39 is 10.0 Å². The zero-order valence-electron chi connectivity index (χ0n) is 16.9. The molecule has 2 fully saturated rings. The first-order valence-corrected chi connectivity index (χ1v) is 12.6. The van der Waals surface area contributed by atoms with Gasteiger partial charge in [0.1, 0.15) is 4.21 Å². The number of hydrogen-bond acceptors (Lipinski definition) is 6. The van der Waals surface area contributed by atoms with Crippen molar-refractivity contribution in [3.05, 3.63) is 52.9 Å². The maximum Gasteiger partial charge on any atom is 0.252 e. The second-order valence-electron chi connectivity index (χ2n) is 7.86. The Bertz CT molecular complexity index is 971. The van der Waals surface area contributed by atoms with Gasteiger partial charge in [0.05, 0.1) is 5.92 Å². The van der Waals surface area contributed by atoms with Crippen LogP contribution in [0.3, 0.4) is 0 Å². The van der Waals surface area contributed by atoms with Crippen molar-refractivity contribution in [2.24, 2.45) is 11.7 Å². The number of carbonyl (C=O) groups excluding carboxylic acids is 1. The summed E-state index contributed by atoms with van der Waals surface area (Å²) in [6.07, 6.45) is 0.664. The lowest BCUT2D eigenvalue weighted by molar-refractivity contribution is -0.137. The van der Waals surface area contributed by atoms with E-state index in [2.05, 4.69) is 5.32 Å². The van der Waals surface area contributed by atoms with Gasteiger partial charge in [-0.15, -0.1) is 11.3 Å². The fraction of sp³-hybridized carbons (Fsp3) is 0.476. The Labute approximate surface area is 181 Å². The van der Waals surface area contributed by atoms with E-state index in [0.29, 0.717) is 36.8 Å². The fourth-order valence-corrected chi connectivity index (χ4v) is 7.20. The smallest absolute Gasteiger partial charge is 0.252 e. The number of sulfonamides is 1. The molecular weight excluding hydrogens is 420 g/mol. The number of nitrogens with two attached hydrogens (primary N) is 1. The third kappa shape index (κ3) is 4.45. The molecular formula is C21H28N4O3S2. The molecule has 4 rings (SSSR count). The van der Waals surface area contributed by atoms with Crippen LogP contribution in [0.4, 0.5) is 0 Å². The Kier molecular flexibility index (Phi) is 6.54. The van der Waals surface area contributed by atoms with Gasteiger partial charge in [0.25, 0.3) is 10.0 Å². The number of rotatable bonds is 5. The summed E-state index contributed by atoms with van der Waals surface area (Å²) in [5, 5.41) is 3.26. The lowest BCUT2D eigenvalue weighted by Crippen LogP contribution is -2.53. The molecule has 9 heteroatoms.